The summed E-state index contributed by atoms with van der Waals surface area (Å²) in [5.74, 6) is 1.32. The van der Waals surface area contributed by atoms with Gasteiger partial charge < -0.3 is 9.47 Å². The van der Waals surface area contributed by atoms with Crippen LogP contribution in [0.5, 0.6) is 12.0 Å². The molecule has 208 valence electrons. The Morgan fingerprint density at radius 1 is 0.625 bits per heavy atom. The van der Waals surface area contributed by atoms with Crippen LogP contribution in [0.4, 0.5) is 0 Å². The van der Waals surface area contributed by atoms with Crippen LogP contribution in [0.3, 0.4) is 0 Å². The maximum atomic E-state index is 6.36. The van der Waals surface area contributed by atoms with Crippen molar-refractivity contribution >= 4 is 45.3 Å². The monoisotopic (exact) mass is 578 g/mol. The number of imidazole rings is 2. The van der Waals surface area contributed by atoms with Crippen molar-refractivity contribution in [3.63, 3.8) is 0 Å². The predicted molar refractivity (Wildman–Crippen MR) is 155 cm³/mol. The van der Waals surface area contributed by atoms with Crippen molar-refractivity contribution in [2.45, 2.75) is 50.0 Å². The van der Waals surface area contributed by atoms with Crippen molar-refractivity contribution in [1.29, 1.82) is 0 Å². The van der Waals surface area contributed by atoms with Crippen molar-refractivity contribution in [3.05, 3.63) is 46.4 Å². The van der Waals surface area contributed by atoms with E-state index < -0.39 is 0 Å². The van der Waals surface area contributed by atoms with Gasteiger partial charge in [-0.05, 0) is 76.1 Å². The van der Waals surface area contributed by atoms with Gasteiger partial charge in [-0.1, -0.05) is 35.3 Å². The minimum atomic E-state index is -0.0633. The van der Waals surface area contributed by atoms with Gasteiger partial charge in [0.2, 0.25) is 0 Å². The molecule has 0 N–H and O–H groups in total. The van der Waals surface area contributed by atoms with Crippen LogP contribution in [-0.4, -0.2) is 79.4 Å². The van der Waals surface area contributed by atoms with Crippen LogP contribution in [0.1, 0.15) is 25.7 Å². The smallest absolute Gasteiger partial charge is 0.298 e. The largest absolute Gasteiger partial charge is 0.454 e. The van der Waals surface area contributed by atoms with E-state index in [4.69, 9.17) is 32.7 Å². The molecule has 8 nitrogen and oxygen atoms in total. The van der Waals surface area contributed by atoms with Crippen LogP contribution in [-0.2, 0) is 13.1 Å². The van der Waals surface area contributed by atoms with E-state index in [1.54, 1.807) is 0 Å². The summed E-state index contributed by atoms with van der Waals surface area (Å²) in [5.41, 5.74) is 3.79. The van der Waals surface area contributed by atoms with E-state index in [2.05, 4.69) is 28.9 Å². The van der Waals surface area contributed by atoms with Crippen molar-refractivity contribution in [2.24, 2.45) is 11.8 Å². The fourth-order valence-corrected chi connectivity index (χ4v) is 9.04. The normalized spacial score (nSPS) is 34.6. The Hall–Kier alpha value is -2.52. The lowest BCUT2D eigenvalue weighted by atomic mass is 9.75. The van der Waals surface area contributed by atoms with E-state index in [0.29, 0.717) is 11.8 Å². The summed E-state index contributed by atoms with van der Waals surface area (Å²) in [6, 6.07) is 13.2. The third-order valence-corrected chi connectivity index (χ3v) is 11.1. The Kier molecular flexibility index (Phi) is 5.13. The van der Waals surface area contributed by atoms with Crippen molar-refractivity contribution in [1.82, 2.24) is 28.9 Å². The highest BCUT2D eigenvalue weighted by Gasteiger charge is 2.54. The van der Waals surface area contributed by atoms with Gasteiger partial charge in [0.15, 0.2) is 0 Å². The summed E-state index contributed by atoms with van der Waals surface area (Å²) in [4.78, 5) is 14.3. The lowest BCUT2D eigenvalue weighted by Crippen LogP contribution is -2.61. The Morgan fingerprint density at radius 3 is 1.43 bits per heavy atom. The fraction of sp³-hybridized carbons (Fsp3) is 0.533. The molecule has 6 fully saturated rings. The van der Waals surface area contributed by atoms with Crippen molar-refractivity contribution in [2.75, 3.05) is 39.3 Å². The zero-order chi connectivity index (χ0) is 26.6. The molecule has 0 unspecified atom stereocenters. The molecular formula is C30H32Cl2N6O2. The third-order valence-electron chi connectivity index (χ3n) is 10.5. The lowest BCUT2D eigenvalue weighted by molar-refractivity contribution is -0.0833. The van der Waals surface area contributed by atoms with Crippen molar-refractivity contribution < 1.29 is 9.47 Å². The predicted octanol–water partition coefficient (Wildman–Crippen LogP) is 5.09. The summed E-state index contributed by atoms with van der Waals surface area (Å²) >= 11 is 12.7. The van der Waals surface area contributed by atoms with E-state index in [0.717, 1.165) is 70.3 Å². The maximum absolute atomic E-state index is 6.36. The van der Waals surface area contributed by atoms with Gasteiger partial charge in [-0.2, -0.15) is 9.97 Å². The molecular weight excluding hydrogens is 547 g/mol. The molecule has 0 aliphatic carbocycles. The Balaban J connectivity index is 0.000000115. The molecule has 2 aromatic heterocycles. The second-order valence-corrected chi connectivity index (χ2v) is 13.4. The van der Waals surface area contributed by atoms with E-state index in [1.165, 1.54) is 51.9 Å². The Bertz CT molecular complexity index is 1530. The Labute approximate surface area is 242 Å². The van der Waals surface area contributed by atoms with Crippen molar-refractivity contribution in [3.8, 4) is 12.0 Å². The van der Waals surface area contributed by atoms with Crippen LogP contribution in [0, 0.1) is 11.8 Å². The molecule has 4 bridgehead atoms. The highest BCUT2D eigenvalue weighted by molar-refractivity contribution is 6.35. The molecule has 0 radical (unpaired) electrons. The number of piperidine rings is 6. The number of halogens is 2. The van der Waals surface area contributed by atoms with Gasteiger partial charge in [0.1, 0.15) is 11.2 Å². The maximum Gasteiger partial charge on any atom is 0.298 e. The summed E-state index contributed by atoms with van der Waals surface area (Å²) in [6.07, 6.45) is 4.99. The molecule has 2 atom stereocenters. The minimum absolute atomic E-state index is 0.0633. The molecule has 0 amide bonds. The first-order valence-electron chi connectivity index (χ1n) is 14.6. The van der Waals surface area contributed by atoms with Gasteiger partial charge in [0.05, 0.1) is 45.2 Å². The third kappa shape index (κ3) is 3.39. The zero-order valence-corrected chi connectivity index (χ0v) is 23.9. The number of rotatable bonds is 0. The first kappa shape index (κ1) is 24.1. The van der Waals surface area contributed by atoms with E-state index in [1.807, 2.05) is 36.4 Å². The van der Waals surface area contributed by atoms with Gasteiger partial charge in [0, 0.05) is 24.9 Å². The fourth-order valence-electron chi connectivity index (χ4n) is 8.49. The minimum Gasteiger partial charge on any atom is -0.454 e. The summed E-state index contributed by atoms with van der Waals surface area (Å²) in [6.45, 7) is 8.74. The molecule has 0 saturated carbocycles. The van der Waals surface area contributed by atoms with Gasteiger partial charge >= 0.3 is 0 Å². The van der Waals surface area contributed by atoms with Gasteiger partial charge in [-0.15, -0.1) is 0 Å². The van der Waals surface area contributed by atoms with Gasteiger partial charge in [-0.3, -0.25) is 18.9 Å². The molecule has 12 rings (SSSR count). The van der Waals surface area contributed by atoms with Crippen LogP contribution in [0.2, 0.25) is 10.0 Å². The average Bonchev–Trinajstić information content (AvgIpc) is 3.67. The number of nitrogens with zero attached hydrogens (tertiary/aromatic N) is 6. The quantitative estimate of drug-likeness (QED) is 0.289. The van der Waals surface area contributed by atoms with E-state index in [9.17, 15) is 0 Å². The molecule has 6 saturated heterocycles. The number of fused-ring (bicyclic) bond motifs is 10. The molecule has 10 heterocycles. The molecule has 10 heteroatoms. The first-order valence-corrected chi connectivity index (χ1v) is 15.4. The van der Waals surface area contributed by atoms with Crippen LogP contribution in [0.25, 0.3) is 22.1 Å². The SMILES string of the molecule is Clc1cccc2nc3n(c12)C[C@@]1(CN2CCC1CC2)O3.Clc1cccc2nc3n(c12)C[C@]1(CN2CCC1CC2)O3. The molecule has 2 aromatic carbocycles. The highest BCUT2D eigenvalue weighted by Crippen LogP contribution is 2.47. The van der Waals surface area contributed by atoms with Gasteiger partial charge in [-0.25, -0.2) is 0 Å². The Morgan fingerprint density at radius 2 is 1.05 bits per heavy atom. The second kappa shape index (κ2) is 8.51. The number of hydrogen-bond donors (Lipinski definition) is 0. The second-order valence-electron chi connectivity index (χ2n) is 12.6. The average molecular weight is 580 g/mol. The summed E-state index contributed by atoms with van der Waals surface area (Å²) < 4.78 is 17.1. The molecule has 4 aromatic rings. The standard InChI is InChI=1S/2C15H16ClN3O/c2*16-11-2-1-3-12-13(11)19-9-15(20-14(19)17-12)8-18-6-4-10(15)5-7-18/h2*1-3,10H,4-9H2/t2*15-/m10/s1. The first-order chi connectivity index (χ1) is 19.5. The molecule has 2 spiro atoms. The van der Waals surface area contributed by atoms with Crippen LogP contribution in [0.15, 0.2) is 36.4 Å². The van der Waals surface area contributed by atoms with E-state index >= 15 is 0 Å². The topological polar surface area (TPSA) is 60.6 Å². The number of para-hydroxylation sites is 2. The molecule has 8 aliphatic rings. The van der Waals surface area contributed by atoms with Crippen LogP contribution < -0.4 is 9.47 Å². The van der Waals surface area contributed by atoms with E-state index in [-0.39, 0.29) is 11.2 Å². The zero-order valence-electron chi connectivity index (χ0n) is 22.4. The van der Waals surface area contributed by atoms with Crippen LogP contribution >= 0.6 is 23.2 Å². The summed E-state index contributed by atoms with van der Waals surface area (Å²) in [7, 11) is 0. The number of aromatic nitrogens is 4. The lowest BCUT2D eigenvalue weighted by Gasteiger charge is -2.50. The molecule has 40 heavy (non-hydrogen) atoms. The molecule has 8 aliphatic heterocycles. The van der Waals surface area contributed by atoms with Gasteiger partial charge in [0.25, 0.3) is 12.0 Å². The highest BCUT2D eigenvalue weighted by atomic mass is 35.5. The number of ether oxygens (including phenoxy) is 2. The summed E-state index contributed by atoms with van der Waals surface area (Å²) in [5, 5.41) is 1.53. The number of hydrogen-bond acceptors (Lipinski definition) is 6. The number of benzene rings is 2.